The summed E-state index contributed by atoms with van der Waals surface area (Å²) in [5, 5.41) is -4.16. The van der Waals surface area contributed by atoms with Gasteiger partial charge in [0.1, 0.15) is 0 Å². The molecule has 0 radical (unpaired) electrons. The van der Waals surface area contributed by atoms with Gasteiger partial charge >= 0.3 is 0 Å². The number of aromatic nitrogens is 2. The molecule has 228 valence electrons. The minimum Gasteiger partial charge on any atom is -0.254 e. The van der Waals surface area contributed by atoms with E-state index in [-0.39, 0.29) is 0 Å². The third-order valence-electron chi connectivity index (χ3n) is 7.64. The average molecular weight is 669 g/mol. The Kier molecular flexibility index (Phi) is 2.70. The van der Waals surface area contributed by atoms with Crippen LogP contribution in [-0.4, -0.2) is 9.97 Å². The predicted octanol–water partition coefficient (Wildman–Crippen LogP) is 13.0. The second-order valence-corrected chi connectivity index (χ2v) is 11.4. The Morgan fingerprint density at radius 1 is 0.408 bits per heavy atom. The molecular formula is C46H28N2S. The summed E-state index contributed by atoms with van der Waals surface area (Å²) in [7, 11) is 0. The molecule has 0 N–H and O–H groups in total. The van der Waals surface area contributed by atoms with Crippen molar-refractivity contribution in [3.63, 3.8) is 0 Å². The van der Waals surface area contributed by atoms with Gasteiger partial charge in [-0.3, -0.25) is 4.98 Å². The Balaban J connectivity index is 1.32. The number of pyridine rings is 2. The summed E-state index contributed by atoms with van der Waals surface area (Å²) in [6.45, 7) is 0. The number of nitrogens with zero attached hydrogens (tertiary/aromatic N) is 2. The molecule has 2 nitrogen and oxygen atoms in total. The van der Waals surface area contributed by atoms with E-state index in [4.69, 9.17) is 26.0 Å². The number of hydrogen-bond acceptors (Lipinski definition) is 3. The van der Waals surface area contributed by atoms with E-state index in [0.717, 1.165) is 0 Å². The van der Waals surface area contributed by atoms with Gasteiger partial charge in [-0.2, -0.15) is 0 Å². The molecule has 0 aliphatic rings. The van der Waals surface area contributed by atoms with Gasteiger partial charge < -0.3 is 0 Å². The van der Waals surface area contributed by atoms with Crippen molar-refractivity contribution in [3.8, 4) is 43.3 Å². The van der Waals surface area contributed by atoms with Crippen molar-refractivity contribution in [1.29, 1.82) is 0 Å². The zero-order valence-corrected chi connectivity index (χ0v) is 25.1. The second kappa shape index (κ2) is 11.2. The van der Waals surface area contributed by atoms with Gasteiger partial charge in [0, 0.05) is 37.8 Å². The monoisotopic (exact) mass is 668 g/mol. The summed E-state index contributed by atoms with van der Waals surface area (Å²) < 4.78 is 249. The molecule has 0 amide bonds. The molecule has 49 heavy (non-hydrogen) atoms. The van der Waals surface area contributed by atoms with Crippen molar-refractivity contribution in [2.45, 2.75) is 0 Å². The van der Waals surface area contributed by atoms with Gasteiger partial charge in [-0.05, 0) is 85.3 Å². The highest BCUT2D eigenvalue weighted by atomic mass is 32.1. The topological polar surface area (TPSA) is 25.8 Å². The molecule has 0 bridgehead atoms. The van der Waals surface area contributed by atoms with E-state index < -0.39 is 267 Å². The van der Waals surface area contributed by atoms with E-state index in [1.807, 2.05) is 0 Å². The minimum atomic E-state index is -1.03. The van der Waals surface area contributed by atoms with Crippen molar-refractivity contribution in [3.05, 3.63) is 169 Å². The third-order valence-corrected chi connectivity index (χ3v) is 8.66. The Morgan fingerprint density at radius 2 is 1.04 bits per heavy atom. The molecule has 0 fully saturated rings. The first-order valence-electron chi connectivity index (χ1n) is 28.3. The van der Waals surface area contributed by atoms with Crippen molar-refractivity contribution in [2.24, 2.45) is 0 Å². The van der Waals surface area contributed by atoms with Gasteiger partial charge in [0.2, 0.25) is 0 Å². The lowest BCUT2D eigenvalue weighted by Crippen LogP contribution is -1.91. The van der Waals surface area contributed by atoms with Crippen molar-refractivity contribution in [1.82, 2.24) is 9.97 Å². The van der Waals surface area contributed by atoms with Crippen LogP contribution in [0.5, 0.6) is 0 Å². The van der Waals surface area contributed by atoms with Crippen LogP contribution in [-0.2, 0) is 0 Å². The lowest BCUT2D eigenvalue weighted by atomic mass is 9.92. The molecule has 0 unspecified atom stereocenters. The zero-order chi connectivity index (χ0) is 56.7. The Morgan fingerprint density at radius 3 is 1.90 bits per heavy atom. The van der Waals surface area contributed by atoms with E-state index in [1.165, 1.54) is 0 Å². The summed E-state index contributed by atoms with van der Waals surface area (Å²) >= 11 is 0.407. The van der Waals surface area contributed by atoms with Gasteiger partial charge in [0.15, 0.2) is 0 Å². The fraction of sp³-hybridized carbons (Fsp3) is 0. The highest BCUT2D eigenvalue weighted by Gasteiger charge is 2.15. The quantitative estimate of drug-likeness (QED) is 0.174. The van der Waals surface area contributed by atoms with E-state index in [0.29, 0.717) is 11.3 Å². The van der Waals surface area contributed by atoms with Crippen LogP contribution >= 0.6 is 11.3 Å². The van der Waals surface area contributed by atoms with Gasteiger partial charge in [-0.25, -0.2) is 4.98 Å². The predicted molar refractivity (Wildman–Crippen MR) is 209 cm³/mol. The molecule has 0 saturated heterocycles. The van der Waals surface area contributed by atoms with Gasteiger partial charge in [-0.15, -0.1) is 11.3 Å². The van der Waals surface area contributed by atoms with Crippen LogP contribution < -0.4 is 0 Å². The maximum Gasteiger partial charge on any atom is 0.0972 e. The fourth-order valence-electron chi connectivity index (χ4n) is 5.45. The molecule has 0 spiro atoms. The van der Waals surface area contributed by atoms with Crippen LogP contribution in [0.3, 0.4) is 0 Å². The normalized spacial score (nSPS) is 19.7. The number of benzene rings is 7. The Labute approximate surface area is 326 Å². The van der Waals surface area contributed by atoms with Crippen molar-refractivity contribution < 1.29 is 38.4 Å². The summed E-state index contributed by atoms with van der Waals surface area (Å²) in [5.41, 5.74) is -5.10. The van der Waals surface area contributed by atoms with Crippen LogP contribution in [0.25, 0.3) is 97.4 Å². The number of rotatable bonds is 4. The van der Waals surface area contributed by atoms with Crippen LogP contribution in [0.15, 0.2) is 169 Å². The summed E-state index contributed by atoms with van der Waals surface area (Å²) in [6.07, 6.45) is -0.763. The lowest BCUT2D eigenvalue weighted by molar-refractivity contribution is 1.37. The standard InChI is InChI=1S/C46H28N2S/c1-2-13-34-32(9-1)28-41(39-17-6-4-14-36(34)39)44-25-24-43(49-44)33-11-7-10-31(27-33)35-21-22-40(38-16-5-3-15-37(35)38)42-23-20-30-19-18-29-12-8-26-47-45(29)46(30)48-42/h1-28H/i1D,2D,3D,4D,5D,6D,7D,8D,9D,10D,11D,12D,13D,14D,15D,16D,17D,18D,19D,20D,21D,22D,23D,24D,25D,26D,27D,28D. The largest absolute Gasteiger partial charge is 0.254 e. The number of thiophene rings is 1. The first-order valence-corrected chi connectivity index (χ1v) is 15.1. The van der Waals surface area contributed by atoms with Crippen LogP contribution in [0.4, 0.5) is 0 Å². The second-order valence-electron chi connectivity index (χ2n) is 10.4. The molecule has 0 saturated carbocycles. The molecule has 0 aliphatic carbocycles. The maximum absolute atomic E-state index is 9.70. The van der Waals surface area contributed by atoms with Crippen LogP contribution in [0, 0.1) is 0 Å². The molecular weight excluding hydrogens is 613 g/mol. The van der Waals surface area contributed by atoms with Gasteiger partial charge in [-0.1, -0.05) is 127 Å². The Hall–Kier alpha value is -6.16. The molecule has 0 atom stereocenters. The van der Waals surface area contributed by atoms with Crippen LogP contribution in [0.1, 0.15) is 38.4 Å². The SMILES string of the molecule is [2H]c1nc2c(c([2H])c1[2H])c([2H])c([2H])c1c([2H])c([2H])c(-c3c([2H])c([2H])c(-c4c([2H])c([2H])c([2H])c(-c5sc(-c6c([2H])c7c([2H])c([2H])c([2H])c([2H])c7c7c([2H])c([2H])c([2H])c([2H])c67)c([2H])c5[2H])c4[2H])c4c([2H])c([2H])c([2H])c([2H])c34)nc12. The minimum absolute atomic E-state index is 0.407. The average Bonchev–Trinajstić information content (AvgIpc) is 3.76. The summed E-state index contributed by atoms with van der Waals surface area (Å²) in [6, 6.07) is -22.8. The van der Waals surface area contributed by atoms with E-state index >= 15 is 0 Å². The molecule has 7 aromatic carbocycles. The first kappa shape index (κ1) is 11.8. The summed E-state index contributed by atoms with van der Waals surface area (Å²) in [5.74, 6) is 0. The smallest absolute Gasteiger partial charge is 0.0972 e. The van der Waals surface area contributed by atoms with Gasteiger partial charge in [0.25, 0.3) is 0 Å². The molecule has 10 rings (SSSR count). The molecule has 10 aromatic rings. The lowest BCUT2D eigenvalue weighted by Gasteiger charge is -2.13. The molecule has 0 aliphatic heterocycles. The van der Waals surface area contributed by atoms with Gasteiger partial charge in [0.05, 0.1) is 55.1 Å². The molecule has 3 heterocycles. The Bertz CT molecular complexity index is 4500. The number of fused-ring (bicyclic) bond motifs is 7. The van der Waals surface area contributed by atoms with Crippen LogP contribution in [0.2, 0.25) is 0 Å². The van der Waals surface area contributed by atoms with E-state index in [9.17, 15) is 12.3 Å². The van der Waals surface area contributed by atoms with E-state index in [1.54, 1.807) is 0 Å². The molecule has 3 aromatic heterocycles. The highest BCUT2D eigenvalue weighted by molar-refractivity contribution is 7.19. The maximum atomic E-state index is 9.70. The van der Waals surface area contributed by atoms with E-state index in [2.05, 4.69) is 9.97 Å². The molecule has 3 heteroatoms. The van der Waals surface area contributed by atoms with Crippen molar-refractivity contribution >= 4 is 65.5 Å². The summed E-state index contributed by atoms with van der Waals surface area (Å²) in [4.78, 5) is 7.53. The number of hydrogen-bond donors (Lipinski definition) is 0. The van der Waals surface area contributed by atoms with Crippen molar-refractivity contribution in [2.75, 3.05) is 0 Å². The third kappa shape index (κ3) is 4.62. The first-order chi connectivity index (χ1) is 35.9. The highest BCUT2D eigenvalue weighted by Crippen LogP contribution is 2.42. The fourth-order valence-corrected chi connectivity index (χ4v) is 6.32. The zero-order valence-electron chi connectivity index (χ0n) is 52.3.